The van der Waals surface area contributed by atoms with Crippen molar-refractivity contribution in [2.24, 2.45) is 0 Å². The van der Waals surface area contributed by atoms with E-state index < -0.39 is 23.6 Å². The number of carboxylic acid groups (broad SMARTS) is 1. The van der Waals surface area contributed by atoms with Crippen LogP contribution in [0, 0.1) is 20.8 Å². The Balaban J connectivity index is 1.83. The number of benzene rings is 2. The van der Waals surface area contributed by atoms with Gasteiger partial charge in [0.05, 0.1) is 5.60 Å². The predicted octanol–water partition coefficient (Wildman–Crippen LogP) is 7.16. The number of rotatable bonds is 5. The van der Waals surface area contributed by atoms with Crippen LogP contribution in [-0.4, -0.2) is 40.1 Å². The molecule has 0 spiro atoms. The van der Waals surface area contributed by atoms with Crippen LogP contribution in [0.3, 0.4) is 0 Å². The maximum absolute atomic E-state index is 13.8. The predicted molar refractivity (Wildman–Crippen MR) is 139 cm³/mol. The largest absolute Gasteiger partial charge is 0.479 e. The molecule has 4 nitrogen and oxygen atoms in total. The number of carbonyl (C=O) groups is 1. The van der Waals surface area contributed by atoms with Crippen LogP contribution < -0.4 is 0 Å². The third kappa shape index (κ3) is 5.50. The summed E-state index contributed by atoms with van der Waals surface area (Å²) in [4.78, 5) is 14.9. The van der Waals surface area contributed by atoms with E-state index in [9.17, 15) is 18.7 Å². The Labute approximate surface area is 213 Å². The molecule has 1 fully saturated rings. The summed E-state index contributed by atoms with van der Waals surface area (Å²) in [7, 11) is 0. The van der Waals surface area contributed by atoms with Crippen molar-refractivity contribution in [1.82, 2.24) is 4.90 Å². The molecule has 0 unspecified atom stereocenters. The number of fused-ring (bicyclic) bond motifs is 1. The Hall–Kier alpha value is -2.31. The molecule has 0 saturated heterocycles. The lowest BCUT2D eigenvalue weighted by atomic mass is 9.79. The fourth-order valence-electron chi connectivity index (χ4n) is 5.95. The summed E-state index contributed by atoms with van der Waals surface area (Å²) < 4.78 is 33.7. The van der Waals surface area contributed by atoms with E-state index in [1.165, 1.54) is 11.1 Å². The van der Waals surface area contributed by atoms with Gasteiger partial charge in [-0.3, -0.25) is 4.90 Å². The molecular formula is C30H39F2NO3. The van der Waals surface area contributed by atoms with Crippen LogP contribution in [0.15, 0.2) is 24.3 Å². The summed E-state index contributed by atoms with van der Waals surface area (Å²) >= 11 is 0. The van der Waals surface area contributed by atoms with Crippen LogP contribution in [0.1, 0.15) is 85.9 Å². The van der Waals surface area contributed by atoms with Crippen LogP contribution in [0.5, 0.6) is 0 Å². The van der Waals surface area contributed by atoms with Gasteiger partial charge >= 0.3 is 5.97 Å². The second-order valence-corrected chi connectivity index (χ2v) is 11.6. The second kappa shape index (κ2) is 9.86. The fourth-order valence-corrected chi connectivity index (χ4v) is 5.95. The highest BCUT2D eigenvalue weighted by atomic mass is 19.3. The van der Waals surface area contributed by atoms with Gasteiger partial charge in [0, 0.05) is 37.5 Å². The first-order valence-electron chi connectivity index (χ1n) is 13.0. The van der Waals surface area contributed by atoms with Crippen molar-refractivity contribution in [3.05, 3.63) is 57.6 Å². The third-order valence-corrected chi connectivity index (χ3v) is 7.83. The minimum atomic E-state index is -2.54. The molecule has 36 heavy (non-hydrogen) atoms. The molecule has 1 atom stereocenters. The average molecular weight is 500 g/mol. The molecule has 1 aliphatic heterocycles. The second-order valence-electron chi connectivity index (χ2n) is 11.6. The highest BCUT2D eigenvalue weighted by molar-refractivity contribution is 5.84. The Kier molecular flexibility index (Phi) is 7.33. The first kappa shape index (κ1) is 26.7. The smallest absolute Gasteiger partial charge is 0.337 e. The van der Waals surface area contributed by atoms with Crippen molar-refractivity contribution in [3.63, 3.8) is 0 Å². The summed E-state index contributed by atoms with van der Waals surface area (Å²) in [5, 5.41) is 10.3. The molecule has 0 bridgehead atoms. The average Bonchev–Trinajstić information content (AvgIpc) is 2.79. The number of nitrogens with zero attached hydrogens (tertiary/aromatic N) is 1. The minimum absolute atomic E-state index is 0.0446. The summed E-state index contributed by atoms with van der Waals surface area (Å²) in [5.74, 6) is -3.54. The standard InChI is InChI=1S/C30H39F2NO3/c1-18-7-9-21(10-8-18)25-20(3)24-17-33(22-11-14-30(31,32)15-12-22)16-13-23(24)19(2)26(25)27(28(34)35)36-29(4,5)6/h7-10,22,27H,11-17H2,1-6H3,(H,34,35)/t27-/m0/s1. The highest BCUT2D eigenvalue weighted by Crippen LogP contribution is 2.44. The third-order valence-electron chi connectivity index (χ3n) is 7.83. The van der Waals surface area contributed by atoms with Gasteiger partial charge < -0.3 is 9.84 Å². The molecule has 4 rings (SSSR count). The van der Waals surface area contributed by atoms with Gasteiger partial charge in [-0.15, -0.1) is 0 Å². The van der Waals surface area contributed by atoms with E-state index in [1.807, 2.05) is 58.9 Å². The van der Waals surface area contributed by atoms with E-state index in [1.54, 1.807) is 0 Å². The number of carboxylic acids is 1. The molecule has 1 saturated carbocycles. The van der Waals surface area contributed by atoms with E-state index in [0.29, 0.717) is 19.4 Å². The molecule has 0 amide bonds. The van der Waals surface area contributed by atoms with Gasteiger partial charge in [0.1, 0.15) is 0 Å². The molecule has 196 valence electrons. The normalized spacial score (nSPS) is 19.7. The summed E-state index contributed by atoms with van der Waals surface area (Å²) in [5.41, 5.74) is 7.52. The van der Waals surface area contributed by atoms with Crippen molar-refractivity contribution in [2.75, 3.05) is 6.54 Å². The van der Waals surface area contributed by atoms with Gasteiger partial charge in [0.2, 0.25) is 5.92 Å². The van der Waals surface area contributed by atoms with Crippen molar-refractivity contribution in [1.29, 1.82) is 0 Å². The molecule has 0 aromatic heterocycles. The monoisotopic (exact) mass is 499 g/mol. The Morgan fingerprint density at radius 3 is 2.22 bits per heavy atom. The Morgan fingerprint density at radius 2 is 1.67 bits per heavy atom. The number of halogens is 2. The number of alkyl halides is 2. The summed E-state index contributed by atoms with van der Waals surface area (Å²) in [6.45, 7) is 13.3. The van der Waals surface area contributed by atoms with Gasteiger partial charge in [-0.1, -0.05) is 29.8 Å². The van der Waals surface area contributed by atoms with E-state index in [4.69, 9.17) is 4.74 Å². The molecule has 2 aliphatic rings. The molecule has 1 heterocycles. The van der Waals surface area contributed by atoms with Gasteiger partial charge in [-0.2, -0.15) is 0 Å². The van der Waals surface area contributed by atoms with Crippen LogP contribution in [0.4, 0.5) is 8.78 Å². The fraction of sp³-hybridized carbons (Fsp3) is 0.567. The van der Waals surface area contributed by atoms with Crippen LogP contribution >= 0.6 is 0 Å². The first-order valence-corrected chi connectivity index (χ1v) is 13.0. The van der Waals surface area contributed by atoms with Gasteiger partial charge in [0.15, 0.2) is 6.10 Å². The van der Waals surface area contributed by atoms with Crippen molar-refractivity contribution < 1.29 is 23.4 Å². The summed E-state index contributed by atoms with van der Waals surface area (Å²) in [6.07, 6.45) is 0.628. The van der Waals surface area contributed by atoms with E-state index >= 15 is 0 Å². The highest BCUT2D eigenvalue weighted by Gasteiger charge is 2.39. The first-order chi connectivity index (χ1) is 16.8. The lowest BCUT2D eigenvalue weighted by Gasteiger charge is -2.41. The van der Waals surface area contributed by atoms with Crippen LogP contribution in [-0.2, 0) is 22.5 Å². The van der Waals surface area contributed by atoms with E-state index in [0.717, 1.165) is 46.3 Å². The zero-order valence-corrected chi connectivity index (χ0v) is 22.4. The Morgan fingerprint density at radius 1 is 1.06 bits per heavy atom. The zero-order chi connectivity index (χ0) is 26.4. The van der Waals surface area contributed by atoms with Crippen molar-refractivity contribution in [2.45, 2.75) is 104 Å². The van der Waals surface area contributed by atoms with E-state index in [2.05, 4.69) is 11.8 Å². The minimum Gasteiger partial charge on any atom is -0.479 e. The SMILES string of the molecule is Cc1ccc(-c2c(C)c3c(c(C)c2[C@H](OC(C)(C)C)C(=O)O)CCN(C2CCC(F)(F)CC2)C3)cc1. The quantitative estimate of drug-likeness (QED) is 0.474. The van der Waals surface area contributed by atoms with Crippen LogP contribution in [0.25, 0.3) is 11.1 Å². The van der Waals surface area contributed by atoms with Crippen LogP contribution in [0.2, 0.25) is 0 Å². The molecule has 0 radical (unpaired) electrons. The molecule has 1 N–H and O–H groups in total. The number of aliphatic carboxylic acids is 1. The Bertz CT molecular complexity index is 1120. The molecular weight excluding hydrogens is 460 g/mol. The topological polar surface area (TPSA) is 49.8 Å². The zero-order valence-electron chi connectivity index (χ0n) is 22.4. The maximum atomic E-state index is 13.8. The number of ether oxygens (including phenoxy) is 1. The van der Waals surface area contributed by atoms with E-state index in [-0.39, 0.29) is 18.9 Å². The molecule has 6 heteroatoms. The lowest BCUT2D eigenvalue weighted by molar-refractivity contribution is -0.160. The molecule has 2 aromatic carbocycles. The lowest BCUT2D eigenvalue weighted by Crippen LogP contribution is -2.43. The maximum Gasteiger partial charge on any atom is 0.337 e. The van der Waals surface area contributed by atoms with Gasteiger partial charge in [0.25, 0.3) is 0 Å². The molecule has 1 aliphatic carbocycles. The number of aryl methyl sites for hydroxylation is 1. The summed E-state index contributed by atoms with van der Waals surface area (Å²) in [6, 6.07) is 8.35. The van der Waals surface area contributed by atoms with Crippen molar-refractivity contribution in [3.8, 4) is 11.1 Å². The van der Waals surface area contributed by atoms with Gasteiger partial charge in [-0.25, -0.2) is 13.6 Å². The number of hydrogen-bond acceptors (Lipinski definition) is 3. The van der Waals surface area contributed by atoms with Crippen molar-refractivity contribution >= 4 is 5.97 Å². The molecule has 2 aromatic rings. The number of hydrogen-bond donors (Lipinski definition) is 1. The van der Waals surface area contributed by atoms with Gasteiger partial charge in [-0.05, 0) is 94.2 Å².